The summed E-state index contributed by atoms with van der Waals surface area (Å²) in [5.41, 5.74) is -2.17. The molecule has 0 heterocycles. The fraction of sp³-hybridized carbons (Fsp3) is 0.364. The highest BCUT2D eigenvalue weighted by atomic mass is 16.6. The van der Waals surface area contributed by atoms with Crippen LogP contribution in [0.5, 0.6) is 0 Å². The van der Waals surface area contributed by atoms with Crippen LogP contribution in [0.4, 0.5) is 17.1 Å². The highest BCUT2D eigenvalue weighted by Gasteiger charge is 2.45. The van der Waals surface area contributed by atoms with Crippen LogP contribution in [-0.2, 0) is 4.79 Å². The van der Waals surface area contributed by atoms with E-state index in [1.54, 1.807) is 0 Å². The van der Waals surface area contributed by atoms with Gasteiger partial charge in [-0.25, -0.2) is 4.79 Å². The molecule has 9 heteroatoms. The Morgan fingerprint density at radius 2 is 1.90 bits per heavy atom. The first-order valence-corrected chi connectivity index (χ1v) is 5.80. The molecule has 9 nitrogen and oxygen atoms in total. The van der Waals surface area contributed by atoms with Gasteiger partial charge in [0.15, 0.2) is 0 Å². The normalized spacial score (nSPS) is 16.0. The SMILES string of the molecule is O=C(O)C1(Nc2ccc([N+](=O)[O-])cc2[N+](=O)[O-])CCC1. The maximum atomic E-state index is 11.2. The van der Waals surface area contributed by atoms with Gasteiger partial charge in [0.25, 0.3) is 11.4 Å². The number of hydrogen-bond acceptors (Lipinski definition) is 6. The van der Waals surface area contributed by atoms with Crippen LogP contribution < -0.4 is 5.32 Å². The summed E-state index contributed by atoms with van der Waals surface area (Å²) < 4.78 is 0. The van der Waals surface area contributed by atoms with Crippen LogP contribution in [0.2, 0.25) is 0 Å². The van der Waals surface area contributed by atoms with Crippen molar-refractivity contribution in [2.24, 2.45) is 0 Å². The van der Waals surface area contributed by atoms with Gasteiger partial charge in [-0.05, 0) is 25.3 Å². The molecule has 2 N–H and O–H groups in total. The second kappa shape index (κ2) is 4.76. The van der Waals surface area contributed by atoms with Gasteiger partial charge >= 0.3 is 5.97 Å². The van der Waals surface area contributed by atoms with Crippen molar-refractivity contribution in [2.45, 2.75) is 24.8 Å². The number of carboxylic acid groups (broad SMARTS) is 1. The molecule has 2 rings (SSSR count). The molecule has 0 atom stereocenters. The summed E-state index contributed by atoms with van der Waals surface area (Å²) in [5, 5.41) is 33.4. The third kappa shape index (κ3) is 2.25. The summed E-state index contributed by atoms with van der Waals surface area (Å²) in [4.78, 5) is 31.3. The van der Waals surface area contributed by atoms with Gasteiger partial charge in [-0.2, -0.15) is 0 Å². The molecule has 0 aromatic heterocycles. The van der Waals surface area contributed by atoms with Gasteiger partial charge in [0, 0.05) is 6.07 Å². The molecule has 1 saturated carbocycles. The van der Waals surface area contributed by atoms with Crippen molar-refractivity contribution < 1.29 is 19.7 Å². The van der Waals surface area contributed by atoms with Gasteiger partial charge in [-0.1, -0.05) is 0 Å². The first kappa shape index (κ1) is 13.7. The number of carboxylic acids is 1. The molecule has 20 heavy (non-hydrogen) atoms. The van der Waals surface area contributed by atoms with Gasteiger partial charge in [-0.15, -0.1) is 0 Å². The van der Waals surface area contributed by atoms with E-state index in [4.69, 9.17) is 0 Å². The van der Waals surface area contributed by atoms with Gasteiger partial charge in [0.1, 0.15) is 11.2 Å². The van der Waals surface area contributed by atoms with Gasteiger partial charge in [-0.3, -0.25) is 20.2 Å². The molecule has 0 saturated heterocycles. The lowest BCUT2D eigenvalue weighted by molar-refractivity contribution is -0.393. The zero-order valence-electron chi connectivity index (χ0n) is 10.2. The first-order chi connectivity index (χ1) is 9.35. The number of aliphatic carboxylic acids is 1. The Hall–Kier alpha value is -2.71. The summed E-state index contributed by atoms with van der Waals surface area (Å²) in [5.74, 6) is -1.09. The predicted molar refractivity (Wildman–Crippen MR) is 67.6 cm³/mol. The Morgan fingerprint density at radius 1 is 1.25 bits per heavy atom. The Labute approximate surface area is 112 Å². The minimum atomic E-state index is -1.22. The Balaban J connectivity index is 2.39. The monoisotopic (exact) mass is 281 g/mol. The third-order valence-electron chi connectivity index (χ3n) is 3.38. The van der Waals surface area contributed by atoms with Gasteiger partial charge < -0.3 is 10.4 Å². The van der Waals surface area contributed by atoms with Crippen LogP contribution in [0.25, 0.3) is 0 Å². The zero-order valence-corrected chi connectivity index (χ0v) is 10.2. The molecular formula is C11H11N3O6. The van der Waals surface area contributed by atoms with Crippen molar-refractivity contribution in [3.05, 3.63) is 38.4 Å². The number of benzene rings is 1. The molecule has 0 aliphatic heterocycles. The number of nitro groups is 2. The van der Waals surface area contributed by atoms with E-state index in [0.717, 1.165) is 12.1 Å². The average Bonchev–Trinajstić information content (AvgIpc) is 2.32. The van der Waals surface area contributed by atoms with E-state index in [2.05, 4.69) is 5.32 Å². The molecule has 0 amide bonds. The molecule has 106 valence electrons. The van der Waals surface area contributed by atoms with Crippen LogP contribution in [0.1, 0.15) is 19.3 Å². The van der Waals surface area contributed by atoms with Crippen molar-refractivity contribution in [1.82, 2.24) is 0 Å². The second-order valence-electron chi connectivity index (χ2n) is 4.58. The standard InChI is InChI=1S/C11H11N3O6/c15-10(16)11(4-1-5-11)12-8-3-2-7(13(17)18)6-9(8)14(19)20/h2-3,6,12H,1,4-5H2,(H,15,16). The summed E-state index contributed by atoms with van der Waals surface area (Å²) in [6, 6.07) is 3.08. The van der Waals surface area contributed by atoms with Crippen LogP contribution in [-0.4, -0.2) is 26.5 Å². The maximum Gasteiger partial charge on any atom is 0.329 e. The van der Waals surface area contributed by atoms with E-state index in [1.807, 2.05) is 0 Å². The number of non-ortho nitro benzene ring substituents is 1. The second-order valence-corrected chi connectivity index (χ2v) is 4.58. The molecule has 1 fully saturated rings. The number of nitrogens with one attached hydrogen (secondary N) is 1. The van der Waals surface area contributed by atoms with Crippen LogP contribution >= 0.6 is 0 Å². The molecule has 1 aliphatic rings. The quantitative estimate of drug-likeness (QED) is 0.621. The van der Waals surface area contributed by atoms with E-state index in [9.17, 15) is 30.1 Å². The predicted octanol–water partition coefficient (Wildman–Crippen LogP) is 1.92. The lowest BCUT2D eigenvalue weighted by Gasteiger charge is -2.38. The lowest BCUT2D eigenvalue weighted by atomic mass is 9.76. The molecule has 0 spiro atoms. The molecule has 0 unspecified atom stereocenters. The van der Waals surface area contributed by atoms with E-state index in [1.165, 1.54) is 6.07 Å². The Kier molecular flexibility index (Phi) is 3.26. The summed E-state index contributed by atoms with van der Waals surface area (Å²) in [7, 11) is 0. The van der Waals surface area contributed by atoms with Crippen LogP contribution in [0.15, 0.2) is 18.2 Å². The van der Waals surface area contributed by atoms with E-state index >= 15 is 0 Å². The molecule has 1 aliphatic carbocycles. The number of nitro benzene ring substituents is 2. The van der Waals surface area contributed by atoms with Crippen LogP contribution in [0, 0.1) is 20.2 Å². The minimum Gasteiger partial charge on any atom is -0.480 e. The Morgan fingerprint density at radius 3 is 2.30 bits per heavy atom. The van der Waals surface area contributed by atoms with Gasteiger partial charge in [0.05, 0.1) is 15.9 Å². The highest BCUT2D eigenvalue weighted by molar-refractivity contribution is 5.85. The molecule has 0 radical (unpaired) electrons. The first-order valence-electron chi connectivity index (χ1n) is 5.80. The fourth-order valence-electron chi connectivity index (χ4n) is 2.07. The Bertz CT molecular complexity index is 596. The number of rotatable bonds is 5. The minimum absolute atomic E-state index is 0.0253. The zero-order chi connectivity index (χ0) is 14.9. The van der Waals surface area contributed by atoms with E-state index < -0.39 is 32.7 Å². The maximum absolute atomic E-state index is 11.2. The van der Waals surface area contributed by atoms with Crippen molar-refractivity contribution in [3.8, 4) is 0 Å². The molecule has 1 aromatic rings. The molecular weight excluding hydrogens is 270 g/mol. The summed E-state index contributed by atoms with van der Waals surface area (Å²) in [6.45, 7) is 0. The fourth-order valence-corrected chi connectivity index (χ4v) is 2.07. The van der Waals surface area contributed by atoms with Crippen LogP contribution in [0.3, 0.4) is 0 Å². The molecule has 1 aromatic carbocycles. The smallest absolute Gasteiger partial charge is 0.329 e. The van der Waals surface area contributed by atoms with Crippen molar-refractivity contribution in [3.63, 3.8) is 0 Å². The number of anilines is 1. The molecule has 0 bridgehead atoms. The average molecular weight is 281 g/mol. The topological polar surface area (TPSA) is 136 Å². The summed E-state index contributed by atoms with van der Waals surface area (Å²) >= 11 is 0. The van der Waals surface area contributed by atoms with Crippen molar-refractivity contribution in [2.75, 3.05) is 5.32 Å². The van der Waals surface area contributed by atoms with Gasteiger partial charge in [0.2, 0.25) is 0 Å². The van der Waals surface area contributed by atoms with Crippen molar-refractivity contribution in [1.29, 1.82) is 0 Å². The van der Waals surface area contributed by atoms with Crippen molar-refractivity contribution >= 4 is 23.0 Å². The van der Waals surface area contributed by atoms with E-state index in [0.29, 0.717) is 19.3 Å². The summed E-state index contributed by atoms with van der Waals surface area (Å²) in [6.07, 6.45) is 1.42. The number of carbonyl (C=O) groups is 1. The lowest BCUT2D eigenvalue weighted by Crippen LogP contribution is -2.52. The third-order valence-corrected chi connectivity index (χ3v) is 3.38. The largest absolute Gasteiger partial charge is 0.480 e. The number of nitrogens with zero attached hydrogens (tertiary/aromatic N) is 2. The highest BCUT2D eigenvalue weighted by Crippen LogP contribution is 2.39. The number of hydrogen-bond donors (Lipinski definition) is 2. The van der Waals surface area contributed by atoms with E-state index in [-0.39, 0.29) is 5.69 Å².